The van der Waals surface area contributed by atoms with Crippen LogP contribution in [0.3, 0.4) is 0 Å². The molecule has 0 saturated heterocycles. The van der Waals surface area contributed by atoms with Crippen molar-refractivity contribution in [2.24, 2.45) is 10.9 Å². The fraction of sp³-hybridized carbons (Fsp3) is 0.462. The van der Waals surface area contributed by atoms with E-state index in [4.69, 9.17) is 0 Å². The van der Waals surface area contributed by atoms with Gasteiger partial charge >= 0.3 is 0 Å². The molecule has 0 aliphatic carbocycles. The summed E-state index contributed by atoms with van der Waals surface area (Å²) in [5, 5.41) is 3.12. The second-order valence-corrected chi connectivity index (χ2v) is 3.91. The number of benzene rings is 1. The first-order valence-corrected chi connectivity index (χ1v) is 5.50. The molecule has 0 aromatic heterocycles. The monoisotopic (exact) mass is 204 g/mol. The van der Waals surface area contributed by atoms with Gasteiger partial charge in [-0.05, 0) is 37.0 Å². The van der Waals surface area contributed by atoms with Crippen molar-refractivity contribution in [2.45, 2.75) is 27.2 Å². The highest BCUT2D eigenvalue weighted by atomic mass is 14.8. The highest BCUT2D eigenvalue weighted by Gasteiger charge is 1.98. The van der Waals surface area contributed by atoms with Crippen molar-refractivity contribution >= 4 is 17.6 Å². The lowest BCUT2D eigenvalue weighted by atomic mass is 10.1. The molecule has 1 aromatic rings. The molecule has 0 bridgehead atoms. The molecule has 1 atom stereocenters. The minimum Gasteiger partial charge on any atom is -0.388 e. The van der Waals surface area contributed by atoms with Gasteiger partial charge in [-0.15, -0.1) is 0 Å². The first-order chi connectivity index (χ1) is 7.17. The van der Waals surface area contributed by atoms with E-state index in [2.05, 4.69) is 49.3 Å². The van der Waals surface area contributed by atoms with Gasteiger partial charge < -0.3 is 5.32 Å². The maximum Gasteiger partial charge on any atom is 0.0675 e. The van der Waals surface area contributed by atoms with E-state index in [1.165, 1.54) is 5.56 Å². The van der Waals surface area contributed by atoms with Gasteiger partial charge in [0.15, 0.2) is 0 Å². The summed E-state index contributed by atoms with van der Waals surface area (Å²) >= 11 is 0. The summed E-state index contributed by atoms with van der Waals surface area (Å²) in [6.45, 7) is 6.44. The normalized spacial score (nSPS) is 13.1. The lowest BCUT2D eigenvalue weighted by Gasteiger charge is -2.05. The molecule has 1 N–H and O–H groups in total. The lowest BCUT2D eigenvalue weighted by Crippen LogP contribution is -1.92. The molecule has 1 unspecified atom stereocenters. The molecule has 2 nitrogen and oxygen atoms in total. The van der Waals surface area contributed by atoms with Crippen molar-refractivity contribution in [2.75, 3.05) is 12.4 Å². The zero-order valence-electron chi connectivity index (χ0n) is 10.0. The molecule has 0 amide bonds. The molecule has 1 rings (SSSR count). The van der Waals surface area contributed by atoms with Crippen molar-refractivity contribution < 1.29 is 0 Å². The highest BCUT2D eigenvalue weighted by Crippen LogP contribution is 2.22. The average Bonchev–Trinajstić information content (AvgIpc) is 2.27. The molecule has 82 valence electrons. The first-order valence-electron chi connectivity index (χ1n) is 5.50. The van der Waals surface area contributed by atoms with Crippen molar-refractivity contribution in [3.05, 3.63) is 23.8 Å². The fourth-order valence-corrected chi connectivity index (χ4v) is 1.22. The van der Waals surface area contributed by atoms with Gasteiger partial charge in [0.2, 0.25) is 0 Å². The second-order valence-electron chi connectivity index (χ2n) is 3.91. The topological polar surface area (TPSA) is 24.4 Å². The van der Waals surface area contributed by atoms with Crippen LogP contribution in [0.15, 0.2) is 23.2 Å². The summed E-state index contributed by atoms with van der Waals surface area (Å²) in [5.41, 5.74) is 3.38. The number of hydrogen-bond donors (Lipinski definition) is 1. The largest absolute Gasteiger partial charge is 0.388 e. The van der Waals surface area contributed by atoms with Crippen molar-refractivity contribution in [3.63, 3.8) is 0 Å². The molecular weight excluding hydrogens is 184 g/mol. The third-order valence-electron chi connectivity index (χ3n) is 2.61. The standard InChI is InChI=1S/C13H20N2/c1-5-10(2)9-15-13-8-12(14-4)7-6-11(13)3/h6-10,14H,5H2,1-4H3/b15-9-. The molecule has 0 heterocycles. The Labute approximate surface area is 92.4 Å². The molecule has 15 heavy (non-hydrogen) atoms. The molecule has 0 spiro atoms. The van der Waals surface area contributed by atoms with Crippen molar-refractivity contribution in [1.29, 1.82) is 0 Å². The Hall–Kier alpha value is -1.31. The zero-order valence-corrected chi connectivity index (χ0v) is 10.0. The van der Waals surface area contributed by atoms with Crippen molar-refractivity contribution in [1.82, 2.24) is 0 Å². The summed E-state index contributed by atoms with van der Waals surface area (Å²) in [6, 6.07) is 6.24. The van der Waals surface area contributed by atoms with Gasteiger partial charge in [0.05, 0.1) is 5.69 Å². The van der Waals surface area contributed by atoms with E-state index >= 15 is 0 Å². The summed E-state index contributed by atoms with van der Waals surface area (Å²) in [4.78, 5) is 4.52. The Morgan fingerprint density at radius 2 is 2.20 bits per heavy atom. The van der Waals surface area contributed by atoms with Gasteiger partial charge in [0.25, 0.3) is 0 Å². The number of nitrogens with zero attached hydrogens (tertiary/aromatic N) is 1. The predicted octanol–water partition coefficient (Wildman–Crippen LogP) is 3.79. The Morgan fingerprint density at radius 3 is 2.80 bits per heavy atom. The van der Waals surface area contributed by atoms with E-state index in [9.17, 15) is 0 Å². The lowest BCUT2D eigenvalue weighted by molar-refractivity contribution is 0.754. The van der Waals surface area contributed by atoms with E-state index in [-0.39, 0.29) is 0 Å². The van der Waals surface area contributed by atoms with Crippen LogP contribution >= 0.6 is 0 Å². The summed E-state index contributed by atoms with van der Waals surface area (Å²) in [7, 11) is 1.92. The molecule has 0 radical (unpaired) electrons. The molecule has 0 fully saturated rings. The predicted molar refractivity (Wildman–Crippen MR) is 68.3 cm³/mol. The number of hydrogen-bond acceptors (Lipinski definition) is 2. The van der Waals surface area contributed by atoms with E-state index in [1.54, 1.807) is 0 Å². The molecule has 0 aliphatic rings. The van der Waals surface area contributed by atoms with Crippen LogP contribution in [-0.2, 0) is 0 Å². The van der Waals surface area contributed by atoms with E-state index in [0.29, 0.717) is 5.92 Å². The zero-order chi connectivity index (χ0) is 11.3. The number of nitrogens with one attached hydrogen (secondary N) is 1. The summed E-state index contributed by atoms with van der Waals surface area (Å²) in [5.74, 6) is 0.544. The first kappa shape index (κ1) is 11.8. The van der Waals surface area contributed by atoms with Gasteiger partial charge in [-0.3, -0.25) is 4.99 Å². The maximum absolute atomic E-state index is 4.52. The fourth-order valence-electron chi connectivity index (χ4n) is 1.22. The molecule has 2 heteroatoms. The quantitative estimate of drug-likeness (QED) is 0.741. The molecule has 0 aliphatic heterocycles. The van der Waals surface area contributed by atoms with Gasteiger partial charge in [-0.25, -0.2) is 0 Å². The second kappa shape index (κ2) is 5.54. The molecular formula is C13H20N2. The van der Waals surface area contributed by atoms with Gasteiger partial charge in [0, 0.05) is 18.9 Å². The van der Waals surface area contributed by atoms with Crippen LogP contribution < -0.4 is 5.32 Å². The van der Waals surface area contributed by atoms with Crippen LogP contribution in [0.25, 0.3) is 0 Å². The Morgan fingerprint density at radius 1 is 1.47 bits per heavy atom. The minimum absolute atomic E-state index is 0.544. The van der Waals surface area contributed by atoms with Crippen LogP contribution in [-0.4, -0.2) is 13.3 Å². The van der Waals surface area contributed by atoms with Gasteiger partial charge in [0.1, 0.15) is 0 Å². The van der Waals surface area contributed by atoms with E-state index in [1.807, 2.05) is 13.3 Å². The van der Waals surface area contributed by atoms with Crippen LogP contribution in [0.1, 0.15) is 25.8 Å². The minimum atomic E-state index is 0.544. The van der Waals surface area contributed by atoms with Crippen LogP contribution in [0.4, 0.5) is 11.4 Å². The van der Waals surface area contributed by atoms with Gasteiger partial charge in [-0.2, -0.15) is 0 Å². The average molecular weight is 204 g/mol. The molecule has 0 saturated carbocycles. The van der Waals surface area contributed by atoms with Crippen molar-refractivity contribution in [3.8, 4) is 0 Å². The number of aliphatic imine (C=N–C) groups is 1. The SMILES string of the molecule is CCC(C)/C=N\c1cc(NC)ccc1C. The summed E-state index contributed by atoms with van der Waals surface area (Å²) in [6.07, 6.45) is 3.16. The Kier molecular flexibility index (Phi) is 4.35. The summed E-state index contributed by atoms with van der Waals surface area (Å²) < 4.78 is 0. The van der Waals surface area contributed by atoms with Crippen LogP contribution in [0, 0.1) is 12.8 Å². The third-order valence-corrected chi connectivity index (χ3v) is 2.61. The van der Waals surface area contributed by atoms with Crippen LogP contribution in [0.5, 0.6) is 0 Å². The smallest absolute Gasteiger partial charge is 0.0675 e. The number of anilines is 1. The van der Waals surface area contributed by atoms with E-state index < -0.39 is 0 Å². The third kappa shape index (κ3) is 3.39. The number of aryl methyl sites for hydroxylation is 1. The van der Waals surface area contributed by atoms with Gasteiger partial charge in [-0.1, -0.05) is 19.9 Å². The molecule has 1 aromatic carbocycles. The number of rotatable bonds is 4. The maximum atomic E-state index is 4.52. The Bertz CT molecular complexity index is 342. The Balaban J connectivity index is 2.88. The van der Waals surface area contributed by atoms with E-state index in [0.717, 1.165) is 17.8 Å². The van der Waals surface area contributed by atoms with Crippen LogP contribution in [0.2, 0.25) is 0 Å². The highest BCUT2D eigenvalue weighted by molar-refractivity contribution is 5.68.